The third kappa shape index (κ3) is 5.34. The molecule has 0 radical (unpaired) electrons. The van der Waals surface area contributed by atoms with Crippen molar-refractivity contribution in [3.8, 4) is 0 Å². The number of thiophene rings is 1. The summed E-state index contributed by atoms with van der Waals surface area (Å²) >= 11 is 3.83. The average molecular weight is 258 g/mol. The van der Waals surface area contributed by atoms with Crippen molar-refractivity contribution in [2.75, 3.05) is 32.1 Å². The Balaban J connectivity index is 2.33. The molecule has 0 amide bonds. The molecule has 16 heavy (non-hydrogen) atoms. The Labute approximate surface area is 107 Å². The topological polar surface area (TPSA) is 15.3 Å². The number of thioether (sulfide) groups is 1. The molecule has 0 atom stereocenters. The van der Waals surface area contributed by atoms with Gasteiger partial charge in [-0.2, -0.15) is 11.8 Å². The molecule has 0 aliphatic heterocycles. The van der Waals surface area contributed by atoms with Crippen molar-refractivity contribution in [1.82, 2.24) is 10.2 Å². The van der Waals surface area contributed by atoms with Gasteiger partial charge in [0.05, 0.1) is 0 Å². The van der Waals surface area contributed by atoms with Crippen molar-refractivity contribution < 1.29 is 0 Å². The third-order valence-corrected chi connectivity index (χ3v) is 4.03. The molecule has 1 aromatic rings. The highest BCUT2D eigenvalue weighted by Crippen LogP contribution is 2.17. The molecule has 92 valence electrons. The number of hydrogen-bond donors (Lipinski definition) is 1. The lowest BCUT2D eigenvalue weighted by atomic mass is 10.4. The number of rotatable bonds is 8. The van der Waals surface area contributed by atoms with Crippen LogP contribution in [0.15, 0.2) is 12.1 Å². The zero-order chi connectivity index (χ0) is 11.8. The average Bonchev–Trinajstić information content (AvgIpc) is 2.71. The summed E-state index contributed by atoms with van der Waals surface area (Å²) in [5, 5.41) is 3.36. The zero-order valence-corrected chi connectivity index (χ0v) is 12.1. The van der Waals surface area contributed by atoms with Crippen molar-refractivity contribution in [3.05, 3.63) is 21.9 Å². The molecular formula is C12H22N2S2. The van der Waals surface area contributed by atoms with Crippen molar-refractivity contribution >= 4 is 23.1 Å². The molecule has 1 N–H and O–H groups in total. The molecule has 0 aliphatic rings. The van der Waals surface area contributed by atoms with Crippen molar-refractivity contribution in [3.63, 3.8) is 0 Å². The number of hydrogen-bond acceptors (Lipinski definition) is 4. The van der Waals surface area contributed by atoms with E-state index in [1.165, 1.54) is 22.1 Å². The molecule has 0 aromatic carbocycles. The van der Waals surface area contributed by atoms with Gasteiger partial charge in [-0.15, -0.1) is 11.3 Å². The lowest BCUT2D eigenvalue weighted by Gasteiger charge is -2.14. The van der Waals surface area contributed by atoms with Crippen LogP contribution in [0.25, 0.3) is 0 Å². The monoisotopic (exact) mass is 258 g/mol. The van der Waals surface area contributed by atoms with E-state index in [1.807, 2.05) is 23.1 Å². The molecule has 0 fully saturated rings. The fourth-order valence-corrected chi connectivity index (χ4v) is 3.01. The van der Waals surface area contributed by atoms with Crippen LogP contribution in [-0.2, 0) is 13.1 Å². The van der Waals surface area contributed by atoms with Gasteiger partial charge in [0.25, 0.3) is 0 Å². The summed E-state index contributed by atoms with van der Waals surface area (Å²) in [4.78, 5) is 5.30. The van der Waals surface area contributed by atoms with Crippen molar-refractivity contribution in [1.29, 1.82) is 0 Å². The van der Waals surface area contributed by atoms with Gasteiger partial charge in [-0.25, -0.2) is 0 Å². The van der Waals surface area contributed by atoms with Crippen molar-refractivity contribution in [2.24, 2.45) is 0 Å². The van der Waals surface area contributed by atoms with Gasteiger partial charge in [-0.3, -0.25) is 0 Å². The van der Waals surface area contributed by atoms with Crippen LogP contribution in [-0.4, -0.2) is 37.0 Å². The molecule has 0 saturated heterocycles. The van der Waals surface area contributed by atoms with E-state index in [9.17, 15) is 0 Å². The summed E-state index contributed by atoms with van der Waals surface area (Å²) in [6.07, 6.45) is 2.16. The minimum atomic E-state index is 1.01. The second kappa shape index (κ2) is 8.12. The van der Waals surface area contributed by atoms with Gasteiger partial charge in [0.1, 0.15) is 0 Å². The lowest BCUT2D eigenvalue weighted by Crippen LogP contribution is -2.19. The van der Waals surface area contributed by atoms with E-state index in [0.29, 0.717) is 0 Å². The van der Waals surface area contributed by atoms with Gasteiger partial charge < -0.3 is 10.2 Å². The van der Waals surface area contributed by atoms with Crippen LogP contribution < -0.4 is 5.32 Å². The Morgan fingerprint density at radius 3 is 2.81 bits per heavy atom. The summed E-state index contributed by atoms with van der Waals surface area (Å²) in [5.41, 5.74) is 0. The highest BCUT2D eigenvalue weighted by atomic mass is 32.2. The molecular weight excluding hydrogens is 236 g/mol. The minimum absolute atomic E-state index is 1.01. The second-order valence-corrected chi connectivity index (χ2v) is 6.12. The largest absolute Gasteiger partial charge is 0.312 e. The molecule has 1 aromatic heterocycles. The second-order valence-electron chi connectivity index (χ2n) is 3.88. The highest BCUT2D eigenvalue weighted by molar-refractivity contribution is 7.98. The van der Waals surface area contributed by atoms with Gasteiger partial charge in [0.15, 0.2) is 0 Å². The molecule has 0 saturated carbocycles. The molecule has 0 spiro atoms. The number of nitrogens with one attached hydrogen (secondary N) is 1. The summed E-state index contributed by atoms with van der Waals surface area (Å²) in [6.45, 7) is 6.44. The van der Waals surface area contributed by atoms with Crippen LogP contribution in [0.4, 0.5) is 0 Å². The van der Waals surface area contributed by atoms with Crippen LogP contribution in [0.3, 0.4) is 0 Å². The minimum Gasteiger partial charge on any atom is -0.312 e. The number of nitrogens with zero attached hydrogens (tertiary/aromatic N) is 1. The van der Waals surface area contributed by atoms with Crippen LogP contribution >= 0.6 is 23.1 Å². The van der Waals surface area contributed by atoms with E-state index in [1.54, 1.807) is 0 Å². The first-order chi connectivity index (χ1) is 7.76. The Morgan fingerprint density at radius 1 is 1.38 bits per heavy atom. The normalized spacial score (nSPS) is 11.2. The van der Waals surface area contributed by atoms with Gasteiger partial charge in [0.2, 0.25) is 0 Å². The maximum atomic E-state index is 3.36. The SMILES string of the molecule is CCNCc1ccc(CN(C)CCSC)s1. The third-order valence-electron chi connectivity index (χ3n) is 2.37. The lowest BCUT2D eigenvalue weighted by molar-refractivity contribution is 0.352. The van der Waals surface area contributed by atoms with E-state index in [-0.39, 0.29) is 0 Å². The van der Waals surface area contributed by atoms with E-state index in [0.717, 1.165) is 19.6 Å². The Morgan fingerprint density at radius 2 is 2.12 bits per heavy atom. The standard InChI is InChI=1S/C12H22N2S2/c1-4-13-9-11-5-6-12(16-11)10-14(2)7-8-15-3/h5-6,13H,4,7-10H2,1-3H3. The summed E-state index contributed by atoms with van der Waals surface area (Å²) in [6, 6.07) is 4.50. The predicted molar refractivity (Wildman–Crippen MR) is 76.4 cm³/mol. The van der Waals surface area contributed by atoms with E-state index >= 15 is 0 Å². The molecule has 0 aliphatic carbocycles. The van der Waals surface area contributed by atoms with Crippen LogP contribution in [0.2, 0.25) is 0 Å². The van der Waals surface area contributed by atoms with Crippen LogP contribution in [0.1, 0.15) is 16.7 Å². The smallest absolute Gasteiger partial charge is 0.0325 e. The van der Waals surface area contributed by atoms with Crippen LogP contribution in [0, 0.1) is 0 Å². The summed E-state index contributed by atoms with van der Waals surface area (Å²) in [5.74, 6) is 1.21. The molecule has 0 bridgehead atoms. The van der Waals surface area contributed by atoms with E-state index in [2.05, 4.69) is 42.6 Å². The first kappa shape index (κ1) is 14.0. The van der Waals surface area contributed by atoms with Crippen molar-refractivity contribution in [2.45, 2.75) is 20.0 Å². The van der Waals surface area contributed by atoms with E-state index < -0.39 is 0 Å². The maximum absolute atomic E-state index is 3.36. The summed E-state index contributed by atoms with van der Waals surface area (Å²) < 4.78 is 0. The maximum Gasteiger partial charge on any atom is 0.0325 e. The zero-order valence-electron chi connectivity index (χ0n) is 10.5. The molecule has 0 unspecified atom stereocenters. The first-order valence-electron chi connectivity index (χ1n) is 5.72. The first-order valence-corrected chi connectivity index (χ1v) is 7.93. The van der Waals surface area contributed by atoms with Gasteiger partial charge in [-0.05, 0) is 32.0 Å². The highest BCUT2D eigenvalue weighted by Gasteiger charge is 2.03. The molecule has 1 heterocycles. The molecule has 1 rings (SSSR count). The Hall–Kier alpha value is -0.0300. The fourth-order valence-electron chi connectivity index (χ4n) is 1.44. The van der Waals surface area contributed by atoms with E-state index in [4.69, 9.17) is 0 Å². The molecule has 2 nitrogen and oxygen atoms in total. The molecule has 4 heteroatoms. The Bertz CT molecular complexity index is 286. The Kier molecular flexibility index (Phi) is 7.12. The van der Waals surface area contributed by atoms with Gasteiger partial charge >= 0.3 is 0 Å². The van der Waals surface area contributed by atoms with Gasteiger partial charge in [0, 0.05) is 35.1 Å². The summed E-state index contributed by atoms with van der Waals surface area (Å²) in [7, 11) is 2.19. The predicted octanol–water partition coefficient (Wildman–Crippen LogP) is 2.65. The fraction of sp³-hybridized carbons (Fsp3) is 0.667. The van der Waals surface area contributed by atoms with Crippen LogP contribution in [0.5, 0.6) is 0 Å². The quantitative estimate of drug-likeness (QED) is 0.772. The van der Waals surface area contributed by atoms with Gasteiger partial charge in [-0.1, -0.05) is 6.92 Å².